The van der Waals surface area contributed by atoms with E-state index >= 15 is 0 Å². The van der Waals surface area contributed by atoms with E-state index in [2.05, 4.69) is 20.1 Å². The van der Waals surface area contributed by atoms with Crippen LogP contribution in [0.15, 0.2) is 0 Å². The maximum atomic E-state index is 9.54. The predicted octanol–water partition coefficient (Wildman–Crippen LogP) is 0.857. The van der Waals surface area contributed by atoms with Crippen molar-refractivity contribution in [1.82, 2.24) is 0 Å². The molecule has 0 bridgehead atoms. The van der Waals surface area contributed by atoms with Gasteiger partial charge >= 0.3 is 5.97 Å². The van der Waals surface area contributed by atoms with E-state index in [1.165, 1.54) is 6.92 Å². The fraction of sp³-hybridized carbons (Fsp3) is 0.500. The Bertz CT molecular complexity index is 46.8. The van der Waals surface area contributed by atoms with Crippen LogP contribution in [-0.2, 0) is 25.4 Å². The predicted molar refractivity (Wildman–Crippen MR) is 20.7 cm³/mol. The molecule has 2 nitrogen and oxygen atoms in total. The first-order valence-electron chi connectivity index (χ1n) is 1.06. The molecule has 0 saturated carbocycles. The monoisotopic (exact) mass is 197 g/mol. The molecule has 0 aromatic carbocycles. The first-order chi connectivity index (χ1) is 2.27. The fourth-order valence-electron chi connectivity index (χ4n) is 0. The summed E-state index contributed by atoms with van der Waals surface area (Å²) >= 11 is 2.46. The van der Waals surface area contributed by atoms with Crippen LogP contribution in [0.2, 0.25) is 0 Å². The molecular formula is C2H3BrCoO2. The maximum Gasteiger partial charge on any atom is 0.314 e. The molecule has 0 aromatic heterocycles. The molecule has 0 fully saturated rings. The molecule has 1 radical (unpaired) electrons. The zero-order chi connectivity index (χ0) is 4.28. The zero-order valence-corrected chi connectivity index (χ0v) is 5.65. The molecule has 0 aromatic rings. The van der Waals surface area contributed by atoms with Crippen LogP contribution < -0.4 is 0 Å². The van der Waals surface area contributed by atoms with Crippen molar-refractivity contribution < 1.29 is 25.4 Å². The van der Waals surface area contributed by atoms with Gasteiger partial charge in [0.25, 0.3) is 0 Å². The topological polar surface area (TPSA) is 26.3 Å². The van der Waals surface area contributed by atoms with Crippen LogP contribution in [0.5, 0.6) is 0 Å². The summed E-state index contributed by atoms with van der Waals surface area (Å²) in [5.74, 6) is -0.329. The molecule has 0 spiro atoms. The summed E-state index contributed by atoms with van der Waals surface area (Å²) in [7, 11) is 0. The third-order valence-electron chi connectivity index (χ3n) is 0.109. The van der Waals surface area contributed by atoms with E-state index in [4.69, 9.17) is 0 Å². The average Bonchev–Trinajstić information content (AvgIpc) is 1.38. The Hall–Kier alpha value is 0.456. The molecule has 0 amide bonds. The number of hydrogen-bond donors (Lipinski definition) is 0. The van der Waals surface area contributed by atoms with Gasteiger partial charge in [-0.2, -0.15) is 0 Å². The first kappa shape index (κ1) is 9.68. The largest absolute Gasteiger partial charge is 0.384 e. The molecule has 0 saturated heterocycles. The molecule has 0 atom stereocenters. The van der Waals surface area contributed by atoms with Gasteiger partial charge in [0.15, 0.2) is 16.3 Å². The van der Waals surface area contributed by atoms with Crippen LogP contribution in [0.1, 0.15) is 6.92 Å². The second kappa shape index (κ2) is 5.46. The minimum Gasteiger partial charge on any atom is -0.384 e. The van der Waals surface area contributed by atoms with Crippen molar-refractivity contribution in [2.45, 2.75) is 6.92 Å². The van der Waals surface area contributed by atoms with Gasteiger partial charge in [0, 0.05) is 23.7 Å². The number of rotatable bonds is 0. The van der Waals surface area contributed by atoms with Gasteiger partial charge in [-0.1, -0.05) is 0 Å². The summed E-state index contributed by atoms with van der Waals surface area (Å²) in [5, 5.41) is 0. The molecule has 0 unspecified atom stereocenters. The van der Waals surface area contributed by atoms with Crippen molar-refractivity contribution in [3.63, 3.8) is 0 Å². The third kappa shape index (κ3) is 8.82. The molecule has 6 heavy (non-hydrogen) atoms. The third-order valence-corrected chi connectivity index (χ3v) is 0.565. The second-order valence-electron chi connectivity index (χ2n) is 0.569. The molecule has 39 valence electrons. The van der Waals surface area contributed by atoms with E-state index in [-0.39, 0.29) is 22.7 Å². The van der Waals surface area contributed by atoms with E-state index < -0.39 is 0 Å². The summed E-state index contributed by atoms with van der Waals surface area (Å²) in [4.78, 5) is 9.54. The van der Waals surface area contributed by atoms with Gasteiger partial charge in [-0.25, -0.2) is 0 Å². The van der Waals surface area contributed by atoms with Crippen LogP contribution >= 0.6 is 16.3 Å². The van der Waals surface area contributed by atoms with Crippen molar-refractivity contribution in [3.05, 3.63) is 0 Å². The number of halogens is 1. The molecule has 0 rings (SSSR count). The van der Waals surface area contributed by atoms with E-state index in [9.17, 15) is 4.79 Å². The molecule has 0 aliphatic heterocycles. The first-order valence-corrected chi connectivity index (χ1v) is 1.71. The van der Waals surface area contributed by atoms with E-state index in [0.29, 0.717) is 0 Å². The quantitative estimate of drug-likeness (QED) is 0.576. The molecule has 4 heteroatoms. The Kier molecular flexibility index (Phi) is 8.80. The van der Waals surface area contributed by atoms with E-state index in [0.717, 1.165) is 0 Å². The van der Waals surface area contributed by atoms with Gasteiger partial charge in [-0.05, 0) is 0 Å². The summed E-state index contributed by atoms with van der Waals surface area (Å²) in [5.41, 5.74) is 0. The Morgan fingerprint density at radius 1 is 1.83 bits per heavy atom. The second-order valence-corrected chi connectivity index (χ2v) is 0.892. The smallest absolute Gasteiger partial charge is 0.314 e. The van der Waals surface area contributed by atoms with E-state index in [1.807, 2.05) is 0 Å². The number of carbonyl (C=O) groups is 1. The van der Waals surface area contributed by atoms with Crippen LogP contribution in [0.3, 0.4) is 0 Å². The summed E-state index contributed by atoms with van der Waals surface area (Å²) in [6.07, 6.45) is 0. The molecule has 0 aliphatic carbocycles. The van der Waals surface area contributed by atoms with Gasteiger partial charge in [-0.3, -0.25) is 4.79 Å². The van der Waals surface area contributed by atoms with Gasteiger partial charge in [0.2, 0.25) is 0 Å². The minimum atomic E-state index is -0.329. The normalized spacial score (nSPS) is 5.67. The van der Waals surface area contributed by atoms with Crippen molar-refractivity contribution in [2.75, 3.05) is 0 Å². The zero-order valence-electron chi connectivity index (χ0n) is 3.03. The summed E-state index contributed by atoms with van der Waals surface area (Å²) in [6.45, 7) is 1.31. The maximum absolute atomic E-state index is 9.54. The SMILES string of the molecule is CC(=O)OBr.[Co]. The fourth-order valence-corrected chi connectivity index (χ4v) is 0. The van der Waals surface area contributed by atoms with Gasteiger partial charge in [-0.15, -0.1) is 0 Å². The standard InChI is InChI=1S/C2H3BrO2.Co/c1-2(4)5-3;/h1H3;. The number of hydrogen-bond acceptors (Lipinski definition) is 2. The van der Waals surface area contributed by atoms with Crippen molar-refractivity contribution in [3.8, 4) is 0 Å². The molecule has 0 N–H and O–H groups in total. The van der Waals surface area contributed by atoms with Crippen molar-refractivity contribution in [2.24, 2.45) is 0 Å². The minimum absolute atomic E-state index is 0. The van der Waals surface area contributed by atoms with Crippen molar-refractivity contribution >= 4 is 22.2 Å². The van der Waals surface area contributed by atoms with Crippen molar-refractivity contribution in [1.29, 1.82) is 0 Å². The van der Waals surface area contributed by atoms with Crippen LogP contribution in [0, 0.1) is 0 Å². The Morgan fingerprint density at radius 2 is 2.00 bits per heavy atom. The summed E-state index contributed by atoms with van der Waals surface area (Å²) in [6, 6.07) is 0. The van der Waals surface area contributed by atoms with Crippen LogP contribution in [-0.4, -0.2) is 5.97 Å². The Morgan fingerprint density at radius 3 is 2.00 bits per heavy atom. The van der Waals surface area contributed by atoms with Gasteiger partial charge < -0.3 is 3.83 Å². The van der Waals surface area contributed by atoms with E-state index in [1.54, 1.807) is 0 Å². The Labute approximate surface area is 54.9 Å². The molecule has 0 aliphatic rings. The van der Waals surface area contributed by atoms with Crippen LogP contribution in [0.4, 0.5) is 0 Å². The molecular weight excluding hydrogens is 195 g/mol. The molecule has 0 heterocycles. The van der Waals surface area contributed by atoms with Crippen LogP contribution in [0.25, 0.3) is 0 Å². The van der Waals surface area contributed by atoms with Gasteiger partial charge in [0.05, 0.1) is 0 Å². The Balaban J connectivity index is 0. The average molecular weight is 198 g/mol. The van der Waals surface area contributed by atoms with Gasteiger partial charge in [0.1, 0.15) is 0 Å². The number of carbonyl (C=O) groups excluding carboxylic acids is 1. The summed E-state index contributed by atoms with van der Waals surface area (Å²) < 4.78 is 3.92.